The predicted octanol–water partition coefficient (Wildman–Crippen LogP) is 1.65. The lowest BCUT2D eigenvalue weighted by atomic mass is 9.95. The zero-order valence-electron chi connectivity index (χ0n) is 12.7. The van der Waals surface area contributed by atoms with Crippen LogP contribution in [0.15, 0.2) is 24.3 Å². The maximum atomic E-state index is 12.6. The van der Waals surface area contributed by atoms with E-state index in [-0.39, 0.29) is 23.5 Å². The molecule has 2 amide bonds. The summed E-state index contributed by atoms with van der Waals surface area (Å²) < 4.78 is 0. The van der Waals surface area contributed by atoms with Crippen molar-refractivity contribution < 1.29 is 14.7 Å². The molecule has 2 rings (SSSR count). The van der Waals surface area contributed by atoms with Gasteiger partial charge in [0.05, 0.1) is 0 Å². The smallest absolute Gasteiger partial charge is 0.246 e. The number of nitrogens with zero attached hydrogens (tertiary/aromatic N) is 1. The number of hydrogen-bond acceptors (Lipinski definition) is 3. The van der Waals surface area contributed by atoms with Crippen LogP contribution in [0.1, 0.15) is 32.8 Å². The maximum Gasteiger partial charge on any atom is 0.246 e. The van der Waals surface area contributed by atoms with Crippen LogP contribution in [-0.4, -0.2) is 33.9 Å². The highest BCUT2D eigenvalue weighted by molar-refractivity contribution is 5.97. The first kappa shape index (κ1) is 15.4. The van der Waals surface area contributed by atoms with Crippen LogP contribution in [0.5, 0.6) is 5.75 Å². The molecule has 1 fully saturated rings. The number of nitrogens with one attached hydrogen (secondary N) is 1. The fourth-order valence-corrected chi connectivity index (χ4v) is 2.71. The maximum absolute atomic E-state index is 12.6. The number of phenolic OH excluding ortho intramolecular Hbond substituents is 1. The van der Waals surface area contributed by atoms with Crippen molar-refractivity contribution in [2.45, 2.75) is 45.8 Å². The molecule has 2 unspecified atom stereocenters. The van der Waals surface area contributed by atoms with Gasteiger partial charge in [0.25, 0.3) is 0 Å². The number of hydrogen-bond donors (Lipinski definition) is 2. The van der Waals surface area contributed by atoms with E-state index < -0.39 is 12.1 Å². The van der Waals surface area contributed by atoms with Crippen molar-refractivity contribution in [1.82, 2.24) is 10.2 Å². The van der Waals surface area contributed by atoms with E-state index in [0.29, 0.717) is 13.0 Å². The Bertz CT molecular complexity index is 525. The number of phenols is 1. The fraction of sp³-hybridized carbons (Fsp3) is 0.500. The molecule has 1 aromatic rings. The molecule has 0 aliphatic carbocycles. The Kier molecular flexibility index (Phi) is 4.50. The molecule has 1 heterocycles. The molecule has 21 heavy (non-hydrogen) atoms. The Morgan fingerprint density at radius 1 is 1.24 bits per heavy atom. The zero-order chi connectivity index (χ0) is 15.6. The second-order valence-corrected chi connectivity index (χ2v) is 5.79. The van der Waals surface area contributed by atoms with Gasteiger partial charge < -0.3 is 15.3 Å². The molecule has 1 aliphatic heterocycles. The summed E-state index contributed by atoms with van der Waals surface area (Å²) in [6, 6.07) is 5.83. The molecule has 0 aromatic heterocycles. The monoisotopic (exact) mass is 290 g/mol. The fourth-order valence-electron chi connectivity index (χ4n) is 2.71. The van der Waals surface area contributed by atoms with Gasteiger partial charge in [-0.25, -0.2) is 0 Å². The van der Waals surface area contributed by atoms with Crippen LogP contribution in [0, 0.1) is 5.92 Å². The first-order chi connectivity index (χ1) is 9.93. The molecule has 1 aliphatic rings. The molecular weight excluding hydrogens is 268 g/mol. The summed E-state index contributed by atoms with van der Waals surface area (Å²) >= 11 is 0. The van der Waals surface area contributed by atoms with Crippen LogP contribution in [0.3, 0.4) is 0 Å². The number of piperazine rings is 1. The Morgan fingerprint density at radius 3 is 2.38 bits per heavy atom. The van der Waals surface area contributed by atoms with Crippen LogP contribution in [-0.2, 0) is 16.1 Å². The lowest BCUT2D eigenvalue weighted by molar-refractivity contribution is -0.152. The third-order valence-corrected chi connectivity index (χ3v) is 3.83. The molecule has 0 radical (unpaired) electrons. The van der Waals surface area contributed by atoms with Crippen molar-refractivity contribution in [3.05, 3.63) is 29.8 Å². The predicted molar refractivity (Wildman–Crippen MR) is 79.5 cm³/mol. The average molecular weight is 290 g/mol. The highest BCUT2D eigenvalue weighted by Crippen LogP contribution is 2.22. The SMILES string of the molecule is CCC1NC(=O)C(C(C)C)N(Cc2ccc(O)cc2)C1=O. The van der Waals surface area contributed by atoms with Crippen molar-refractivity contribution in [3.63, 3.8) is 0 Å². The van der Waals surface area contributed by atoms with Crippen LogP contribution in [0.4, 0.5) is 0 Å². The second kappa shape index (κ2) is 6.16. The molecule has 2 atom stereocenters. The third-order valence-electron chi connectivity index (χ3n) is 3.83. The molecule has 5 nitrogen and oxygen atoms in total. The molecule has 114 valence electrons. The van der Waals surface area contributed by atoms with E-state index in [1.807, 2.05) is 20.8 Å². The minimum atomic E-state index is -0.450. The van der Waals surface area contributed by atoms with Crippen molar-refractivity contribution in [3.8, 4) is 5.75 Å². The summed E-state index contributed by atoms with van der Waals surface area (Å²) in [6.07, 6.45) is 0.585. The molecule has 1 saturated heterocycles. The van der Waals surface area contributed by atoms with Gasteiger partial charge in [-0.15, -0.1) is 0 Å². The van der Waals surface area contributed by atoms with Gasteiger partial charge in [-0.2, -0.15) is 0 Å². The number of carbonyl (C=O) groups is 2. The minimum absolute atomic E-state index is 0.0381. The van der Waals surface area contributed by atoms with Crippen molar-refractivity contribution >= 4 is 11.8 Å². The van der Waals surface area contributed by atoms with Crippen molar-refractivity contribution in [2.75, 3.05) is 0 Å². The van der Waals surface area contributed by atoms with Gasteiger partial charge in [-0.3, -0.25) is 9.59 Å². The summed E-state index contributed by atoms with van der Waals surface area (Å²) in [5.74, 6) is 0.108. The van der Waals surface area contributed by atoms with E-state index in [4.69, 9.17) is 0 Å². The van der Waals surface area contributed by atoms with Crippen LogP contribution < -0.4 is 5.32 Å². The van der Waals surface area contributed by atoms with Gasteiger partial charge >= 0.3 is 0 Å². The van der Waals surface area contributed by atoms with E-state index in [9.17, 15) is 14.7 Å². The topological polar surface area (TPSA) is 69.6 Å². The number of rotatable bonds is 4. The molecule has 0 saturated carbocycles. The molecule has 0 bridgehead atoms. The van der Waals surface area contributed by atoms with Gasteiger partial charge in [-0.1, -0.05) is 32.9 Å². The summed E-state index contributed by atoms with van der Waals surface area (Å²) in [5, 5.41) is 12.1. The van der Waals surface area contributed by atoms with Gasteiger partial charge in [0, 0.05) is 6.54 Å². The van der Waals surface area contributed by atoms with Gasteiger partial charge in [0.2, 0.25) is 11.8 Å². The Labute approximate surface area is 125 Å². The standard InChI is InChI=1S/C16H22N2O3/c1-4-13-16(21)18(14(10(2)3)15(20)17-13)9-11-5-7-12(19)8-6-11/h5-8,10,13-14,19H,4,9H2,1-3H3,(H,17,20). The highest BCUT2D eigenvalue weighted by Gasteiger charge is 2.41. The Hall–Kier alpha value is -2.04. The summed E-state index contributed by atoms with van der Waals surface area (Å²) in [6.45, 7) is 6.14. The van der Waals surface area contributed by atoms with E-state index >= 15 is 0 Å². The normalized spacial score (nSPS) is 22.6. The number of aromatic hydroxyl groups is 1. The Balaban J connectivity index is 2.27. The highest BCUT2D eigenvalue weighted by atomic mass is 16.3. The first-order valence-corrected chi connectivity index (χ1v) is 7.32. The van der Waals surface area contributed by atoms with Gasteiger partial charge in [0.1, 0.15) is 17.8 Å². The average Bonchev–Trinajstić information content (AvgIpc) is 2.44. The third kappa shape index (κ3) is 3.17. The summed E-state index contributed by atoms with van der Waals surface area (Å²) in [4.78, 5) is 26.5. The number of carbonyl (C=O) groups excluding carboxylic acids is 2. The Morgan fingerprint density at radius 2 is 1.86 bits per heavy atom. The first-order valence-electron chi connectivity index (χ1n) is 7.32. The van der Waals surface area contributed by atoms with Gasteiger partial charge in [0.15, 0.2) is 0 Å². The molecule has 0 spiro atoms. The van der Waals surface area contributed by atoms with Gasteiger partial charge in [-0.05, 0) is 30.0 Å². The quantitative estimate of drug-likeness (QED) is 0.886. The molecule has 2 N–H and O–H groups in total. The molecule has 5 heteroatoms. The van der Waals surface area contributed by atoms with E-state index in [1.165, 1.54) is 0 Å². The van der Waals surface area contributed by atoms with Crippen LogP contribution in [0.25, 0.3) is 0 Å². The largest absolute Gasteiger partial charge is 0.508 e. The van der Waals surface area contributed by atoms with Crippen LogP contribution in [0.2, 0.25) is 0 Å². The summed E-state index contributed by atoms with van der Waals surface area (Å²) in [7, 11) is 0. The molecular formula is C16H22N2O3. The van der Waals surface area contributed by atoms with E-state index in [1.54, 1.807) is 29.2 Å². The lowest BCUT2D eigenvalue weighted by Gasteiger charge is -2.40. The molecule has 1 aromatic carbocycles. The van der Waals surface area contributed by atoms with E-state index in [0.717, 1.165) is 5.56 Å². The zero-order valence-corrected chi connectivity index (χ0v) is 12.7. The van der Waals surface area contributed by atoms with Crippen molar-refractivity contribution in [1.29, 1.82) is 0 Å². The second-order valence-electron chi connectivity index (χ2n) is 5.79. The van der Waals surface area contributed by atoms with Crippen LogP contribution >= 0.6 is 0 Å². The summed E-state index contributed by atoms with van der Waals surface area (Å²) in [5.41, 5.74) is 0.899. The van der Waals surface area contributed by atoms with E-state index in [2.05, 4.69) is 5.32 Å². The minimum Gasteiger partial charge on any atom is -0.508 e. The van der Waals surface area contributed by atoms with Crippen molar-refractivity contribution in [2.24, 2.45) is 5.92 Å². The number of benzene rings is 1. The number of amides is 2. The lowest BCUT2D eigenvalue weighted by Crippen LogP contribution is -2.64.